The van der Waals surface area contributed by atoms with Crippen LogP contribution in [0.25, 0.3) is 0 Å². The van der Waals surface area contributed by atoms with Gasteiger partial charge in [-0.15, -0.1) is 0 Å². The Bertz CT molecular complexity index is 462. The first kappa shape index (κ1) is 16.4. The first-order chi connectivity index (χ1) is 10.0. The third-order valence-electron chi connectivity index (χ3n) is 4.21. The van der Waals surface area contributed by atoms with Crippen LogP contribution in [0.1, 0.15) is 34.1 Å². The van der Waals surface area contributed by atoms with Crippen LogP contribution in [0.2, 0.25) is 0 Å². The largest absolute Gasteiger partial charge is 0.459 e. The van der Waals surface area contributed by atoms with E-state index >= 15 is 0 Å². The molecule has 0 bridgehead atoms. The van der Waals surface area contributed by atoms with Gasteiger partial charge in [-0.25, -0.2) is 0 Å². The van der Waals surface area contributed by atoms with E-state index in [-0.39, 0.29) is 29.5 Å². The second kappa shape index (κ2) is 7.32. The van der Waals surface area contributed by atoms with Gasteiger partial charge < -0.3 is 9.47 Å². The molecule has 2 rings (SSSR count). The smallest absolute Gasteiger partial charge is 0.303 e. The monoisotopic (exact) mass is 308 g/mol. The van der Waals surface area contributed by atoms with Crippen LogP contribution >= 0.6 is 11.8 Å². The molecule has 21 heavy (non-hydrogen) atoms. The normalized spacial score (nSPS) is 32.7. The maximum absolute atomic E-state index is 11.4. The van der Waals surface area contributed by atoms with Crippen molar-refractivity contribution in [1.29, 1.82) is 0 Å². The summed E-state index contributed by atoms with van der Waals surface area (Å²) in [6, 6.07) is 10.1. The highest BCUT2D eigenvalue weighted by atomic mass is 32.2. The number of thioether (sulfide) groups is 1. The van der Waals surface area contributed by atoms with Crippen molar-refractivity contribution in [3.8, 4) is 0 Å². The molecule has 116 valence electrons. The van der Waals surface area contributed by atoms with E-state index in [4.69, 9.17) is 9.47 Å². The SMILES string of the molecule is CCC1O[C@H](Sc2ccccc2)C(OC(C)=O)[C@@H](C)[C@@H]1C. The zero-order valence-corrected chi connectivity index (χ0v) is 13.9. The molecule has 0 aromatic heterocycles. The minimum Gasteiger partial charge on any atom is -0.459 e. The Morgan fingerprint density at radius 1 is 1.24 bits per heavy atom. The van der Waals surface area contributed by atoms with Gasteiger partial charge in [0.2, 0.25) is 0 Å². The van der Waals surface area contributed by atoms with Crippen LogP contribution in [-0.2, 0) is 14.3 Å². The minimum atomic E-state index is -0.240. The number of carbonyl (C=O) groups is 1. The van der Waals surface area contributed by atoms with Crippen LogP contribution in [0.3, 0.4) is 0 Å². The van der Waals surface area contributed by atoms with Gasteiger partial charge >= 0.3 is 5.97 Å². The molecule has 1 aliphatic heterocycles. The summed E-state index contributed by atoms with van der Waals surface area (Å²) in [6.07, 6.45) is 0.989. The van der Waals surface area contributed by atoms with E-state index in [1.54, 1.807) is 11.8 Å². The predicted molar refractivity (Wildman–Crippen MR) is 85.1 cm³/mol. The molecular formula is C17H24O3S. The van der Waals surface area contributed by atoms with Crippen molar-refractivity contribution >= 4 is 17.7 Å². The number of esters is 1. The molecule has 1 fully saturated rings. The molecular weight excluding hydrogens is 284 g/mol. The lowest BCUT2D eigenvalue weighted by Crippen LogP contribution is -2.49. The summed E-state index contributed by atoms with van der Waals surface area (Å²) in [7, 11) is 0. The van der Waals surface area contributed by atoms with E-state index in [2.05, 4.69) is 32.9 Å². The van der Waals surface area contributed by atoms with Gasteiger partial charge in [-0.3, -0.25) is 4.79 Å². The molecule has 1 heterocycles. The van der Waals surface area contributed by atoms with Gasteiger partial charge in [-0.05, 0) is 24.5 Å². The topological polar surface area (TPSA) is 35.5 Å². The second-order valence-corrected chi connectivity index (χ2v) is 6.85. The van der Waals surface area contributed by atoms with E-state index in [0.29, 0.717) is 5.92 Å². The minimum absolute atomic E-state index is 0.146. The van der Waals surface area contributed by atoms with Gasteiger partial charge in [0.15, 0.2) is 0 Å². The maximum atomic E-state index is 11.4. The zero-order valence-electron chi connectivity index (χ0n) is 13.1. The Balaban J connectivity index is 2.18. The molecule has 4 heteroatoms. The fourth-order valence-electron chi connectivity index (χ4n) is 2.81. The standard InChI is InChI=1S/C17H24O3S/c1-5-15-11(2)12(3)16(19-13(4)18)17(20-15)21-14-9-7-6-8-10-14/h6-12,15-17H,5H2,1-4H3/t11-,12-,15?,16?,17+/m0/s1. The Hall–Kier alpha value is -1.00. The average Bonchev–Trinajstić information content (AvgIpc) is 2.47. The van der Waals surface area contributed by atoms with Gasteiger partial charge in [0.25, 0.3) is 0 Å². The lowest BCUT2D eigenvalue weighted by Gasteiger charge is -2.43. The van der Waals surface area contributed by atoms with Gasteiger partial charge in [0.1, 0.15) is 11.5 Å². The summed E-state index contributed by atoms with van der Waals surface area (Å²) < 4.78 is 11.8. The van der Waals surface area contributed by atoms with Crippen molar-refractivity contribution in [2.24, 2.45) is 11.8 Å². The second-order valence-electron chi connectivity index (χ2n) is 5.67. The number of hydrogen-bond acceptors (Lipinski definition) is 4. The highest BCUT2D eigenvalue weighted by Crippen LogP contribution is 2.40. The van der Waals surface area contributed by atoms with E-state index in [9.17, 15) is 4.79 Å². The fourth-order valence-corrected chi connectivity index (χ4v) is 4.03. The maximum Gasteiger partial charge on any atom is 0.303 e. The Morgan fingerprint density at radius 3 is 2.48 bits per heavy atom. The number of rotatable bonds is 4. The molecule has 3 nitrogen and oxygen atoms in total. The van der Waals surface area contributed by atoms with Gasteiger partial charge in [-0.2, -0.15) is 0 Å². The van der Waals surface area contributed by atoms with Crippen molar-refractivity contribution in [3.05, 3.63) is 30.3 Å². The molecule has 0 spiro atoms. The van der Waals surface area contributed by atoms with Crippen LogP contribution in [-0.4, -0.2) is 23.6 Å². The van der Waals surface area contributed by atoms with E-state index in [1.807, 2.05) is 18.2 Å². The van der Waals surface area contributed by atoms with Gasteiger partial charge in [-0.1, -0.05) is 50.7 Å². The van der Waals surface area contributed by atoms with Crippen LogP contribution < -0.4 is 0 Å². The van der Waals surface area contributed by atoms with Crippen molar-refractivity contribution in [2.75, 3.05) is 0 Å². The number of carbonyl (C=O) groups excluding carboxylic acids is 1. The molecule has 0 aliphatic carbocycles. The fraction of sp³-hybridized carbons (Fsp3) is 0.588. The zero-order chi connectivity index (χ0) is 15.4. The first-order valence-corrected chi connectivity index (χ1v) is 8.45. The highest BCUT2D eigenvalue weighted by Gasteiger charge is 2.43. The summed E-state index contributed by atoms with van der Waals surface area (Å²) in [5.41, 5.74) is -0.146. The van der Waals surface area contributed by atoms with E-state index in [1.165, 1.54) is 6.92 Å². The quantitative estimate of drug-likeness (QED) is 0.784. The summed E-state index contributed by atoms with van der Waals surface area (Å²) in [4.78, 5) is 12.6. The molecule has 1 saturated heterocycles. The van der Waals surface area contributed by atoms with Gasteiger partial charge in [0, 0.05) is 17.7 Å². The number of hydrogen-bond donors (Lipinski definition) is 0. The summed E-state index contributed by atoms with van der Waals surface area (Å²) >= 11 is 1.64. The highest BCUT2D eigenvalue weighted by molar-refractivity contribution is 7.99. The van der Waals surface area contributed by atoms with Crippen molar-refractivity contribution in [3.63, 3.8) is 0 Å². The van der Waals surface area contributed by atoms with Crippen LogP contribution in [0.4, 0.5) is 0 Å². The van der Waals surface area contributed by atoms with Gasteiger partial charge in [0.05, 0.1) is 6.10 Å². The molecule has 0 saturated carbocycles. The van der Waals surface area contributed by atoms with Crippen molar-refractivity contribution in [2.45, 2.75) is 56.7 Å². The average molecular weight is 308 g/mol. The molecule has 1 aliphatic rings. The van der Waals surface area contributed by atoms with E-state index in [0.717, 1.165) is 11.3 Å². The molecule has 5 atom stereocenters. The third kappa shape index (κ3) is 4.01. The van der Waals surface area contributed by atoms with Crippen LogP contribution in [0.5, 0.6) is 0 Å². The number of benzene rings is 1. The van der Waals surface area contributed by atoms with Crippen LogP contribution in [0.15, 0.2) is 35.2 Å². The number of ether oxygens (including phenoxy) is 2. The Kier molecular flexibility index (Phi) is 5.71. The van der Waals surface area contributed by atoms with E-state index < -0.39 is 0 Å². The lowest BCUT2D eigenvalue weighted by molar-refractivity contribution is -0.176. The predicted octanol–water partition coefficient (Wildman–Crippen LogP) is 4.12. The Labute approximate surface area is 131 Å². The first-order valence-electron chi connectivity index (χ1n) is 7.57. The molecule has 2 unspecified atom stereocenters. The molecule has 0 radical (unpaired) electrons. The van der Waals surface area contributed by atoms with Crippen LogP contribution in [0, 0.1) is 11.8 Å². The summed E-state index contributed by atoms with van der Waals surface area (Å²) in [5, 5.41) is 0. The third-order valence-corrected chi connectivity index (χ3v) is 5.37. The molecule has 1 aromatic rings. The summed E-state index contributed by atoms with van der Waals surface area (Å²) in [5.74, 6) is 0.428. The molecule has 1 aromatic carbocycles. The Morgan fingerprint density at radius 2 is 1.90 bits per heavy atom. The van der Waals surface area contributed by atoms with Crippen molar-refractivity contribution < 1.29 is 14.3 Å². The lowest BCUT2D eigenvalue weighted by atomic mass is 9.83. The molecule has 0 N–H and O–H groups in total. The molecule has 0 amide bonds. The summed E-state index contributed by atoms with van der Waals surface area (Å²) in [6.45, 7) is 7.94. The van der Waals surface area contributed by atoms with Crippen molar-refractivity contribution in [1.82, 2.24) is 0 Å².